The molecule has 0 atom stereocenters. The van der Waals surface area contributed by atoms with Crippen molar-refractivity contribution in [3.63, 3.8) is 0 Å². The average Bonchev–Trinajstić information content (AvgIpc) is 3.10. The first-order valence-corrected chi connectivity index (χ1v) is 9.82. The van der Waals surface area contributed by atoms with E-state index in [4.69, 9.17) is 4.74 Å². The lowest BCUT2D eigenvalue weighted by atomic mass is 10.2. The minimum Gasteiger partial charge on any atom is -0.452 e. The summed E-state index contributed by atoms with van der Waals surface area (Å²) in [6.45, 7) is 0.192. The van der Waals surface area contributed by atoms with Crippen LogP contribution in [0.25, 0.3) is 0 Å². The van der Waals surface area contributed by atoms with Crippen LogP contribution in [-0.2, 0) is 26.0 Å². The zero-order chi connectivity index (χ0) is 19.6. The Morgan fingerprint density at radius 3 is 2.41 bits per heavy atom. The summed E-state index contributed by atoms with van der Waals surface area (Å²) < 4.78 is 30.3. The summed E-state index contributed by atoms with van der Waals surface area (Å²) in [6.07, 6.45) is 0.775. The molecule has 1 aliphatic rings. The molecule has 0 spiro atoms. The molecule has 0 fully saturated rings. The molecular formula is C19H20N2O5S. The Hall–Kier alpha value is -2.71. The molecule has 8 heteroatoms. The van der Waals surface area contributed by atoms with E-state index >= 15 is 0 Å². The summed E-state index contributed by atoms with van der Waals surface area (Å²) in [5.41, 5.74) is 2.12. The van der Waals surface area contributed by atoms with Crippen molar-refractivity contribution in [2.75, 3.05) is 32.1 Å². The minimum atomic E-state index is -3.56. The molecule has 142 valence electrons. The van der Waals surface area contributed by atoms with Crippen molar-refractivity contribution in [3.05, 3.63) is 59.7 Å². The van der Waals surface area contributed by atoms with Crippen LogP contribution in [0.1, 0.15) is 15.9 Å². The van der Waals surface area contributed by atoms with Crippen molar-refractivity contribution in [1.29, 1.82) is 0 Å². The summed E-state index contributed by atoms with van der Waals surface area (Å²) in [4.78, 5) is 26.2. The average molecular weight is 388 g/mol. The van der Waals surface area contributed by atoms with E-state index in [1.165, 1.54) is 38.4 Å². The lowest BCUT2D eigenvalue weighted by molar-refractivity contribution is -0.121. The molecule has 2 aromatic rings. The van der Waals surface area contributed by atoms with Crippen LogP contribution in [-0.4, -0.2) is 51.8 Å². The first-order chi connectivity index (χ1) is 12.8. The first-order valence-electron chi connectivity index (χ1n) is 8.38. The molecule has 0 N–H and O–H groups in total. The van der Waals surface area contributed by atoms with Crippen LogP contribution in [0.5, 0.6) is 0 Å². The molecule has 0 bridgehead atoms. The number of para-hydroxylation sites is 1. The smallest absolute Gasteiger partial charge is 0.338 e. The number of hydrogen-bond acceptors (Lipinski definition) is 5. The Kier molecular flexibility index (Phi) is 5.29. The van der Waals surface area contributed by atoms with E-state index < -0.39 is 16.0 Å². The molecule has 7 nitrogen and oxygen atoms in total. The number of sulfonamides is 1. The number of benzene rings is 2. The lowest BCUT2D eigenvalue weighted by Gasteiger charge is -2.17. The lowest BCUT2D eigenvalue weighted by Crippen LogP contribution is -2.33. The summed E-state index contributed by atoms with van der Waals surface area (Å²) in [5.74, 6) is -0.968. The minimum absolute atomic E-state index is 0.0776. The fourth-order valence-corrected chi connectivity index (χ4v) is 3.76. The number of carbonyl (C=O) groups is 2. The summed E-state index contributed by atoms with van der Waals surface area (Å²) >= 11 is 0. The van der Waals surface area contributed by atoms with Gasteiger partial charge in [-0.25, -0.2) is 17.5 Å². The number of carbonyl (C=O) groups excluding carboxylic acids is 2. The molecule has 3 rings (SSSR count). The maximum atomic E-state index is 12.4. The Labute approximate surface area is 158 Å². The van der Waals surface area contributed by atoms with E-state index in [1.54, 1.807) is 4.90 Å². The summed E-state index contributed by atoms with van der Waals surface area (Å²) in [5, 5.41) is 0. The molecule has 1 heterocycles. The number of esters is 1. The van der Waals surface area contributed by atoms with Gasteiger partial charge in [-0.3, -0.25) is 4.79 Å². The Balaban J connectivity index is 1.62. The van der Waals surface area contributed by atoms with Crippen LogP contribution < -0.4 is 4.90 Å². The van der Waals surface area contributed by atoms with Crippen LogP contribution in [0.3, 0.4) is 0 Å². The van der Waals surface area contributed by atoms with Gasteiger partial charge in [0.2, 0.25) is 10.0 Å². The van der Waals surface area contributed by atoms with Crippen molar-refractivity contribution < 1.29 is 22.7 Å². The van der Waals surface area contributed by atoms with Gasteiger partial charge < -0.3 is 9.64 Å². The normalized spacial score (nSPS) is 13.5. The second kappa shape index (κ2) is 7.50. The van der Waals surface area contributed by atoms with Gasteiger partial charge in [0.1, 0.15) is 0 Å². The van der Waals surface area contributed by atoms with Gasteiger partial charge >= 0.3 is 5.97 Å². The van der Waals surface area contributed by atoms with Gasteiger partial charge in [0.05, 0.1) is 10.5 Å². The van der Waals surface area contributed by atoms with E-state index in [-0.39, 0.29) is 23.0 Å². The van der Waals surface area contributed by atoms with Crippen LogP contribution in [0.15, 0.2) is 53.4 Å². The highest BCUT2D eigenvalue weighted by Crippen LogP contribution is 2.27. The van der Waals surface area contributed by atoms with Crippen molar-refractivity contribution >= 4 is 27.6 Å². The maximum absolute atomic E-state index is 12.4. The van der Waals surface area contributed by atoms with Crippen LogP contribution in [0.4, 0.5) is 5.69 Å². The predicted octanol–water partition coefficient (Wildman–Crippen LogP) is 1.68. The summed E-state index contributed by atoms with van der Waals surface area (Å²) in [6, 6.07) is 13.0. The van der Waals surface area contributed by atoms with Crippen LogP contribution >= 0.6 is 0 Å². The monoisotopic (exact) mass is 388 g/mol. The van der Waals surface area contributed by atoms with Gasteiger partial charge in [0.15, 0.2) is 6.61 Å². The second-order valence-electron chi connectivity index (χ2n) is 6.31. The quantitative estimate of drug-likeness (QED) is 0.728. The number of nitrogens with zero attached hydrogens (tertiary/aromatic N) is 2. The highest BCUT2D eigenvalue weighted by atomic mass is 32.2. The molecular weight excluding hydrogens is 368 g/mol. The summed E-state index contributed by atoms with van der Waals surface area (Å²) in [7, 11) is -0.704. The predicted molar refractivity (Wildman–Crippen MR) is 100 cm³/mol. The van der Waals surface area contributed by atoms with Crippen molar-refractivity contribution in [2.24, 2.45) is 0 Å². The van der Waals surface area contributed by atoms with Crippen molar-refractivity contribution in [2.45, 2.75) is 11.3 Å². The number of hydrogen-bond donors (Lipinski definition) is 0. The molecule has 0 aromatic heterocycles. The van der Waals surface area contributed by atoms with Gasteiger partial charge in [-0.2, -0.15) is 0 Å². The van der Waals surface area contributed by atoms with Crippen molar-refractivity contribution in [3.8, 4) is 0 Å². The second-order valence-corrected chi connectivity index (χ2v) is 8.46. The molecule has 27 heavy (non-hydrogen) atoms. The fraction of sp³-hybridized carbons (Fsp3) is 0.263. The van der Waals surface area contributed by atoms with E-state index in [0.29, 0.717) is 6.54 Å². The molecule has 2 aromatic carbocycles. The SMILES string of the molecule is CN(C)S(=O)(=O)c1ccc(C(=O)OCC(=O)N2CCc3ccccc32)cc1. The number of anilines is 1. The molecule has 0 saturated carbocycles. The van der Waals surface area contributed by atoms with E-state index in [1.807, 2.05) is 24.3 Å². The Morgan fingerprint density at radius 1 is 1.07 bits per heavy atom. The molecule has 0 saturated heterocycles. The van der Waals surface area contributed by atoms with Gasteiger partial charge in [0, 0.05) is 26.3 Å². The van der Waals surface area contributed by atoms with Gasteiger partial charge in [0.25, 0.3) is 5.91 Å². The molecule has 0 unspecified atom stereocenters. The van der Waals surface area contributed by atoms with E-state index in [9.17, 15) is 18.0 Å². The van der Waals surface area contributed by atoms with Crippen LogP contribution in [0, 0.1) is 0 Å². The van der Waals surface area contributed by atoms with Crippen LogP contribution in [0.2, 0.25) is 0 Å². The fourth-order valence-electron chi connectivity index (χ4n) is 2.86. The maximum Gasteiger partial charge on any atom is 0.338 e. The third-order valence-electron chi connectivity index (χ3n) is 4.38. The van der Waals surface area contributed by atoms with Gasteiger partial charge in [-0.15, -0.1) is 0 Å². The molecule has 0 radical (unpaired) electrons. The van der Waals surface area contributed by atoms with Gasteiger partial charge in [-0.05, 0) is 42.3 Å². The third kappa shape index (κ3) is 3.86. The molecule has 0 aliphatic carbocycles. The largest absolute Gasteiger partial charge is 0.452 e. The zero-order valence-electron chi connectivity index (χ0n) is 15.1. The molecule has 1 aliphatic heterocycles. The van der Waals surface area contributed by atoms with Crippen molar-refractivity contribution in [1.82, 2.24) is 4.31 Å². The number of rotatable bonds is 5. The number of ether oxygens (including phenoxy) is 1. The topological polar surface area (TPSA) is 84.0 Å². The highest BCUT2D eigenvalue weighted by molar-refractivity contribution is 7.89. The Bertz CT molecular complexity index is 968. The molecule has 1 amide bonds. The van der Waals surface area contributed by atoms with E-state index in [2.05, 4.69) is 0 Å². The highest BCUT2D eigenvalue weighted by Gasteiger charge is 2.25. The first kappa shape index (κ1) is 19.1. The number of amides is 1. The standard InChI is InChI=1S/C19H20N2O5S/c1-20(2)27(24,25)16-9-7-15(8-10-16)19(23)26-13-18(22)21-12-11-14-5-3-4-6-17(14)21/h3-10H,11-13H2,1-2H3. The zero-order valence-corrected chi connectivity index (χ0v) is 15.9. The third-order valence-corrected chi connectivity index (χ3v) is 6.21. The number of fused-ring (bicyclic) bond motifs is 1. The Morgan fingerprint density at radius 2 is 1.74 bits per heavy atom. The van der Waals surface area contributed by atoms with Gasteiger partial charge in [-0.1, -0.05) is 18.2 Å². The van der Waals surface area contributed by atoms with E-state index in [0.717, 1.165) is 22.0 Å².